The van der Waals surface area contributed by atoms with Crippen LogP contribution in [0.2, 0.25) is 0 Å². The van der Waals surface area contributed by atoms with Gasteiger partial charge in [0.25, 0.3) is 0 Å². The molecule has 0 atom stereocenters. The first-order chi connectivity index (χ1) is 6.31. The third-order valence-corrected chi connectivity index (χ3v) is 1.61. The standard InChI is InChI=1S/C11H10NO/c1-3-9-5-6-10(8-12)11(7-9)13-4-2/h5-7H,1,4H2,2H3. The van der Waals surface area contributed by atoms with Crippen molar-refractivity contribution in [3.63, 3.8) is 0 Å². The molecule has 0 aliphatic carbocycles. The van der Waals surface area contributed by atoms with Crippen molar-refractivity contribution in [3.8, 4) is 11.8 Å². The summed E-state index contributed by atoms with van der Waals surface area (Å²) in [5.41, 5.74) is 1.38. The van der Waals surface area contributed by atoms with E-state index < -0.39 is 0 Å². The summed E-state index contributed by atoms with van der Waals surface area (Å²) in [5, 5.41) is 8.74. The van der Waals surface area contributed by atoms with E-state index in [2.05, 4.69) is 18.7 Å². The minimum atomic E-state index is 0.542. The number of nitrogens with zero attached hydrogens (tertiary/aromatic N) is 1. The molecule has 0 spiro atoms. The topological polar surface area (TPSA) is 33.0 Å². The molecule has 0 saturated carbocycles. The highest BCUT2D eigenvalue weighted by Crippen LogP contribution is 2.19. The van der Waals surface area contributed by atoms with Crippen LogP contribution in [-0.2, 0) is 0 Å². The summed E-state index contributed by atoms with van der Waals surface area (Å²) in [6.45, 7) is 5.96. The van der Waals surface area contributed by atoms with Gasteiger partial charge in [0.05, 0.1) is 12.2 Å². The Morgan fingerprint density at radius 3 is 2.85 bits per heavy atom. The number of hydrogen-bond acceptors (Lipinski definition) is 2. The van der Waals surface area contributed by atoms with Crippen LogP contribution in [0.4, 0.5) is 0 Å². The van der Waals surface area contributed by atoms with Gasteiger partial charge in [-0.3, -0.25) is 0 Å². The maximum atomic E-state index is 8.74. The largest absolute Gasteiger partial charge is 0.492 e. The molecule has 1 rings (SSSR count). The Hall–Kier alpha value is -1.75. The van der Waals surface area contributed by atoms with E-state index in [1.807, 2.05) is 6.92 Å². The summed E-state index contributed by atoms with van der Waals surface area (Å²) in [6.07, 6.45) is 2.74. The van der Waals surface area contributed by atoms with E-state index in [1.165, 1.54) is 0 Å². The molecule has 2 nitrogen and oxygen atoms in total. The molecule has 1 aromatic rings. The molecule has 13 heavy (non-hydrogen) atoms. The highest BCUT2D eigenvalue weighted by Gasteiger charge is 2.02. The van der Waals surface area contributed by atoms with Gasteiger partial charge in [-0.15, -0.1) is 0 Å². The first kappa shape index (κ1) is 9.34. The second-order valence-electron chi connectivity index (χ2n) is 2.43. The van der Waals surface area contributed by atoms with Crippen molar-refractivity contribution in [3.05, 3.63) is 42.0 Å². The molecule has 0 fully saturated rings. The second kappa shape index (κ2) is 4.32. The summed E-state index contributed by atoms with van der Waals surface area (Å²) in [7, 11) is 0. The Balaban J connectivity index is 3.11. The van der Waals surface area contributed by atoms with Gasteiger partial charge in [-0.2, -0.15) is 5.26 Å². The summed E-state index contributed by atoms with van der Waals surface area (Å²) in [5.74, 6) is 0.596. The number of rotatable bonds is 3. The summed E-state index contributed by atoms with van der Waals surface area (Å²) >= 11 is 0. The Labute approximate surface area is 78.1 Å². The third-order valence-electron chi connectivity index (χ3n) is 1.61. The third kappa shape index (κ3) is 2.09. The van der Waals surface area contributed by atoms with Crippen LogP contribution in [-0.4, -0.2) is 6.61 Å². The van der Waals surface area contributed by atoms with Crippen LogP contribution in [0.25, 0.3) is 0 Å². The summed E-state index contributed by atoms with van der Waals surface area (Å²) in [6, 6.07) is 7.31. The molecular formula is C11H10NO. The smallest absolute Gasteiger partial charge is 0.137 e. The van der Waals surface area contributed by atoms with Crippen molar-refractivity contribution in [2.45, 2.75) is 6.92 Å². The normalized spacial score (nSPS) is 8.92. The van der Waals surface area contributed by atoms with Gasteiger partial charge in [-0.05, 0) is 30.7 Å². The van der Waals surface area contributed by atoms with E-state index in [0.717, 1.165) is 5.56 Å². The molecule has 0 saturated heterocycles. The SMILES string of the molecule is C=[C]c1ccc(C#N)c(OCC)c1. The minimum Gasteiger partial charge on any atom is -0.492 e. The van der Waals surface area contributed by atoms with E-state index in [4.69, 9.17) is 10.00 Å². The van der Waals surface area contributed by atoms with Crippen LogP contribution in [0.3, 0.4) is 0 Å². The molecule has 2 heteroatoms. The monoisotopic (exact) mass is 172 g/mol. The number of hydrogen-bond donors (Lipinski definition) is 0. The van der Waals surface area contributed by atoms with E-state index in [-0.39, 0.29) is 0 Å². The van der Waals surface area contributed by atoms with Crippen molar-refractivity contribution in [1.82, 2.24) is 0 Å². The molecule has 0 aromatic heterocycles. The molecule has 0 aliphatic heterocycles. The number of benzene rings is 1. The molecule has 1 radical (unpaired) electrons. The second-order valence-corrected chi connectivity index (χ2v) is 2.43. The molecule has 0 amide bonds. The van der Waals surface area contributed by atoms with E-state index in [1.54, 1.807) is 18.2 Å². The van der Waals surface area contributed by atoms with Gasteiger partial charge >= 0.3 is 0 Å². The predicted molar refractivity (Wildman–Crippen MR) is 50.3 cm³/mol. The van der Waals surface area contributed by atoms with Crippen LogP contribution < -0.4 is 4.74 Å². The molecule has 0 aliphatic rings. The fraction of sp³-hybridized carbons (Fsp3) is 0.182. The molecule has 65 valence electrons. The van der Waals surface area contributed by atoms with E-state index >= 15 is 0 Å². The van der Waals surface area contributed by atoms with Crippen molar-refractivity contribution in [2.75, 3.05) is 6.61 Å². The van der Waals surface area contributed by atoms with Gasteiger partial charge in [0.15, 0.2) is 0 Å². The molecule has 0 heterocycles. The van der Waals surface area contributed by atoms with E-state index in [0.29, 0.717) is 17.9 Å². The van der Waals surface area contributed by atoms with Gasteiger partial charge in [-0.25, -0.2) is 0 Å². The molecular weight excluding hydrogens is 162 g/mol. The van der Waals surface area contributed by atoms with Gasteiger partial charge < -0.3 is 4.74 Å². The Morgan fingerprint density at radius 1 is 1.54 bits per heavy atom. The van der Waals surface area contributed by atoms with Crippen molar-refractivity contribution < 1.29 is 4.74 Å². The minimum absolute atomic E-state index is 0.542. The Morgan fingerprint density at radius 2 is 2.31 bits per heavy atom. The molecule has 0 N–H and O–H groups in total. The predicted octanol–water partition coefficient (Wildman–Crippen LogP) is 2.29. The average Bonchev–Trinajstić information content (AvgIpc) is 2.18. The number of nitriles is 1. The summed E-state index contributed by atoms with van der Waals surface area (Å²) < 4.78 is 5.28. The van der Waals surface area contributed by atoms with Gasteiger partial charge in [0.2, 0.25) is 0 Å². The van der Waals surface area contributed by atoms with Crippen molar-refractivity contribution in [2.24, 2.45) is 0 Å². The highest BCUT2D eigenvalue weighted by atomic mass is 16.5. The maximum Gasteiger partial charge on any atom is 0.137 e. The highest BCUT2D eigenvalue weighted by molar-refractivity contribution is 5.46. The van der Waals surface area contributed by atoms with Crippen molar-refractivity contribution in [1.29, 1.82) is 5.26 Å². The first-order valence-electron chi connectivity index (χ1n) is 4.02. The lowest BCUT2D eigenvalue weighted by atomic mass is 10.1. The van der Waals surface area contributed by atoms with Gasteiger partial charge in [-0.1, -0.05) is 12.6 Å². The first-order valence-corrected chi connectivity index (χ1v) is 4.02. The number of ether oxygens (including phenoxy) is 1. The van der Waals surface area contributed by atoms with Crippen LogP contribution >= 0.6 is 0 Å². The van der Waals surface area contributed by atoms with E-state index in [9.17, 15) is 0 Å². The average molecular weight is 172 g/mol. The van der Waals surface area contributed by atoms with Crippen LogP contribution in [0.5, 0.6) is 5.75 Å². The van der Waals surface area contributed by atoms with Gasteiger partial charge in [0, 0.05) is 0 Å². The molecule has 1 aromatic carbocycles. The van der Waals surface area contributed by atoms with Crippen molar-refractivity contribution >= 4 is 0 Å². The molecule has 0 unspecified atom stereocenters. The Bertz CT molecular complexity index is 350. The molecule has 0 bridgehead atoms. The lowest BCUT2D eigenvalue weighted by Crippen LogP contribution is -1.94. The van der Waals surface area contributed by atoms with Crippen LogP contribution in [0.1, 0.15) is 18.1 Å². The quantitative estimate of drug-likeness (QED) is 0.700. The zero-order valence-corrected chi connectivity index (χ0v) is 7.50. The lowest BCUT2D eigenvalue weighted by Gasteiger charge is -2.05. The fourth-order valence-electron chi connectivity index (χ4n) is 1.000. The van der Waals surface area contributed by atoms with Crippen LogP contribution in [0.15, 0.2) is 24.8 Å². The summed E-state index contributed by atoms with van der Waals surface area (Å²) in [4.78, 5) is 0. The fourth-order valence-corrected chi connectivity index (χ4v) is 1.000. The zero-order valence-electron chi connectivity index (χ0n) is 7.50. The van der Waals surface area contributed by atoms with Gasteiger partial charge in [0.1, 0.15) is 11.8 Å². The lowest BCUT2D eigenvalue weighted by molar-refractivity contribution is 0.339. The zero-order chi connectivity index (χ0) is 9.68. The maximum absolute atomic E-state index is 8.74. The Kier molecular flexibility index (Phi) is 3.10. The van der Waals surface area contributed by atoms with Crippen LogP contribution in [0, 0.1) is 17.4 Å².